The Hall–Kier alpha value is -3.75. The Morgan fingerprint density at radius 3 is 1.83 bits per heavy atom. The smallest absolute Gasteiger partial charge is 0.0543 e. The number of anilines is 3. The van der Waals surface area contributed by atoms with E-state index in [-0.39, 0.29) is 21.7 Å². The Balaban J connectivity index is 1.18. The summed E-state index contributed by atoms with van der Waals surface area (Å²) in [7, 11) is 0. The number of hydrogen-bond donors (Lipinski definition) is 0. The van der Waals surface area contributed by atoms with Crippen LogP contribution in [0.1, 0.15) is 120 Å². The quantitative estimate of drug-likeness (QED) is 0.183. The van der Waals surface area contributed by atoms with E-state index in [1.54, 1.807) is 11.1 Å². The van der Waals surface area contributed by atoms with Gasteiger partial charge in [-0.15, -0.1) is 0 Å². The van der Waals surface area contributed by atoms with Gasteiger partial charge in [0.15, 0.2) is 0 Å². The maximum Gasteiger partial charge on any atom is 0.0543 e. The highest BCUT2D eigenvalue weighted by Gasteiger charge is 2.60. The van der Waals surface area contributed by atoms with E-state index in [4.69, 9.17) is 0 Å². The Morgan fingerprint density at radius 2 is 1.09 bits per heavy atom. The molecule has 5 aromatic rings. The molecule has 4 saturated carbocycles. The SMILES string of the molecule is CC1(C)CCC(C)(C)c2cc(N(c3ccc4c(c3)C3(c5ccccc5S4)C4CC5CC(C4)CC3C5)c3cccc4c3-c3ccccc3C4(C)C)ccc21. The molecule has 5 aromatic carbocycles. The Labute approximate surface area is 321 Å². The molecule has 53 heavy (non-hydrogen) atoms. The van der Waals surface area contributed by atoms with Crippen LogP contribution in [0.4, 0.5) is 17.1 Å². The third-order valence-electron chi connectivity index (χ3n) is 15.6. The molecule has 0 aromatic heterocycles. The van der Waals surface area contributed by atoms with Crippen LogP contribution in [0.2, 0.25) is 0 Å². The number of benzene rings is 5. The minimum absolute atomic E-state index is 0.0594. The normalized spacial score (nSPS) is 28.5. The molecule has 7 aliphatic rings. The van der Waals surface area contributed by atoms with Crippen LogP contribution in [0.15, 0.2) is 113 Å². The first kappa shape index (κ1) is 32.7. The highest BCUT2D eigenvalue weighted by molar-refractivity contribution is 7.99. The average Bonchev–Trinajstić information content (AvgIpc) is 3.38. The van der Waals surface area contributed by atoms with Crippen LogP contribution in [0.25, 0.3) is 11.1 Å². The van der Waals surface area contributed by atoms with Crippen molar-refractivity contribution in [1.29, 1.82) is 0 Å². The first-order chi connectivity index (χ1) is 25.5. The van der Waals surface area contributed by atoms with E-state index in [1.165, 1.54) is 105 Å². The van der Waals surface area contributed by atoms with E-state index in [1.807, 2.05) is 11.8 Å². The van der Waals surface area contributed by atoms with Crippen molar-refractivity contribution in [3.63, 3.8) is 0 Å². The lowest BCUT2D eigenvalue weighted by Gasteiger charge is -2.63. The summed E-state index contributed by atoms with van der Waals surface area (Å²) < 4.78 is 0. The van der Waals surface area contributed by atoms with Crippen molar-refractivity contribution < 1.29 is 0 Å². The summed E-state index contributed by atoms with van der Waals surface area (Å²) in [6.07, 6.45) is 9.49. The molecule has 1 spiro atoms. The van der Waals surface area contributed by atoms with Gasteiger partial charge in [-0.1, -0.05) is 114 Å². The van der Waals surface area contributed by atoms with Gasteiger partial charge in [-0.2, -0.15) is 0 Å². The van der Waals surface area contributed by atoms with Crippen molar-refractivity contribution in [3.8, 4) is 11.1 Å². The lowest BCUT2D eigenvalue weighted by Crippen LogP contribution is -2.57. The molecule has 1 aliphatic heterocycles. The summed E-state index contributed by atoms with van der Waals surface area (Å²) in [6.45, 7) is 14.7. The fourth-order valence-corrected chi connectivity index (χ4v) is 14.3. The molecular weight excluding hydrogens is 659 g/mol. The van der Waals surface area contributed by atoms with Crippen molar-refractivity contribution in [2.24, 2.45) is 23.7 Å². The van der Waals surface area contributed by atoms with Crippen LogP contribution in [0.5, 0.6) is 0 Å². The highest BCUT2D eigenvalue weighted by atomic mass is 32.2. The van der Waals surface area contributed by atoms with Crippen molar-refractivity contribution >= 4 is 28.8 Å². The fourth-order valence-electron chi connectivity index (χ4n) is 13.1. The molecule has 0 radical (unpaired) electrons. The van der Waals surface area contributed by atoms with Gasteiger partial charge in [0.1, 0.15) is 0 Å². The molecule has 0 unspecified atom stereocenters. The van der Waals surface area contributed by atoms with Gasteiger partial charge >= 0.3 is 0 Å². The number of hydrogen-bond acceptors (Lipinski definition) is 2. The predicted molar refractivity (Wildman–Crippen MR) is 222 cm³/mol. The molecule has 6 aliphatic carbocycles. The predicted octanol–water partition coefficient (Wildman–Crippen LogP) is 14.0. The molecule has 268 valence electrons. The zero-order valence-corrected chi connectivity index (χ0v) is 33.2. The topological polar surface area (TPSA) is 3.24 Å². The maximum absolute atomic E-state index is 2.69. The average molecular weight is 712 g/mol. The van der Waals surface area contributed by atoms with E-state index in [0.29, 0.717) is 0 Å². The van der Waals surface area contributed by atoms with Gasteiger partial charge < -0.3 is 4.90 Å². The molecule has 1 heterocycles. The lowest BCUT2D eigenvalue weighted by molar-refractivity contribution is -0.0443. The second kappa shape index (κ2) is 10.9. The third-order valence-corrected chi connectivity index (χ3v) is 16.7. The van der Waals surface area contributed by atoms with Crippen molar-refractivity contribution in [1.82, 2.24) is 0 Å². The zero-order valence-electron chi connectivity index (χ0n) is 32.4. The molecule has 0 N–H and O–H groups in total. The van der Waals surface area contributed by atoms with E-state index in [9.17, 15) is 0 Å². The van der Waals surface area contributed by atoms with Gasteiger partial charge in [-0.05, 0) is 161 Å². The summed E-state index contributed by atoms with van der Waals surface area (Å²) in [4.78, 5) is 5.65. The maximum atomic E-state index is 2.69. The highest BCUT2D eigenvalue weighted by Crippen LogP contribution is 2.69. The first-order valence-electron chi connectivity index (χ1n) is 20.6. The molecule has 0 amide bonds. The summed E-state index contributed by atoms with van der Waals surface area (Å²) in [6, 6.07) is 41.0. The van der Waals surface area contributed by atoms with Gasteiger partial charge in [0.2, 0.25) is 0 Å². The molecular formula is C51H53NS. The molecule has 12 rings (SSSR count). The Bertz CT molecular complexity index is 2310. The standard InChI is InChI=1S/C51H53NS/c1-48(2)22-23-49(3,4)42-29-35(18-20-39(42)48)52(44-16-11-15-41-47(44)37-12-7-8-13-38(37)50(41,5)6)36-19-21-46-43(30-36)51(40-14-9-10-17-45(40)53-46)33-25-31-24-32(27-33)28-34(51)26-31/h7-21,29-34H,22-28H2,1-6H3. The van der Waals surface area contributed by atoms with E-state index in [2.05, 4.69) is 150 Å². The van der Waals surface area contributed by atoms with E-state index >= 15 is 0 Å². The Morgan fingerprint density at radius 1 is 0.509 bits per heavy atom. The Kier molecular flexibility index (Phi) is 6.74. The van der Waals surface area contributed by atoms with Crippen molar-refractivity contribution in [2.45, 2.75) is 118 Å². The molecule has 2 heteroatoms. The zero-order chi connectivity index (χ0) is 36.1. The van der Waals surface area contributed by atoms with Crippen LogP contribution in [0, 0.1) is 23.7 Å². The van der Waals surface area contributed by atoms with Gasteiger partial charge in [0.25, 0.3) is 0 Å². The fraction of sp³-hybridized carbons (Fsp3) is 0.412. The summed E-state index contributed by atoms with van der Waals surface area (Å²) in [5.74, 6) is 3.30. The lowest BCUT2D eigenvalue weighted by atomic mass is 9.42. The molecule has 0 saturated heterocycles. The largest absolute Gasteiger partial charge is 0.310 e. The van der Waals surface area contributed by atoms with E-state index < -0.39 is 0 Å². The van der Waals surface area contributed by atoms with Crippen LogP contribution in [-0.2, 0) is 21.7 Å². The molecule has 4 fully saturated rings. The van der Waals surface area contributed by atoms with Crippen LogP contribution >= 0.6 is 11.8 Å². The molecule has 1 nitrogen and oxygen atoms in total. The monoisotopic (exact) mass is 711 g/mol. The minimum atomic E-state index is -0.0594. The molecule has 0 atom stereocenters. The summed E-state index contributed by atoms with van der Waals surface area (Å²) >= 11 is 2.02. The summed E-state index contributed by atoms with van der Waals surface area (Å²) in [5, 5.41) is 0. The van der Waals surface area contributed by atoms with Crippen molar-refractivity contribution in [2.75, 3.05) is 4.90 Å². The van der Waals surface area contributed by atoms with Gasteiger partial charge in [0, 0.05) is 37.6 Å². The number of nitrogens with zero attached hydrogens (tertiary/aromatic N) is 1. The molecule has 4 bridgehead atoms. The summed E-state index contributed by atoms with van der Waals surface area (Å²) in [5.41, 5.74) is 16.2. The number of fused-ring (bicyclic) bond motifs is 6. The van der Waals surface area contributed by atoms with Crippen LogP contribution in [0.3, 0.4) is 0 Å². The van der Waals surface area contributed by atoms with Crippen LogP contribution < -0.4 is 4.90 Å². The second-order valence-corrected chi connectivity index (χ2v) is 20.7. The van der Waals surface area contributed by atoms with Gasteiger partial charge in [0.05, 0.1) is 5.69 Å². The first-order valence-corrected chi connectivity index (χ1v) is 21.4. The third kappa shape index (κ3) is 4.39. The van der Waals surface area contributed by atoms with Gasteiger partial charge in [-0.25, -0.2) is 0 Å². The number of rotatable bonds is 3. The van der Waals surface area contributed by atoms with Gasteiger partial charge in [-0.3, -0.25) is 0 Å². The second-order valence-electron chi connectivity index (χ2n) is 19.7. The minimum Gasteiger partial charge on any atom is -0.310 e. The van der Waals surface area contributed by atoms with Crippen molar-refractivity contribution in [3.05, 3.63) is 137 Å². The van der Waals surface area contributed by atoms with Crippen LogP contribution in [-0.4, -0.2) is 0 Å². The van der Waals surface area contributed by atoms with E-state index in [0.717, 1.165) is 23.7 Å².